The SMILES string of the molecule is O=C(NCCCN1CCCCCC1)NC1CC(=O)N(c2ccc(Cl)cc2)C1. The summed E-state index contributed by atoms with van der Waals surface area (Å²) in [6.07, 6.45) is 6.52. The predicted octanol–water partition coefficient (Wildman–Crippen LogP) is 3.01. The molecule has 148 valence electrons. The molecule has 2 heterocycles. The van der Waals surface area contributed by atoms with Crippen LogP contribution in [0.1, 0.15) is 38.5 Å². The molecule has 0 aliphatic carbocycles. The first-order valence-electron chi connectivity index (χ1n) is 9.94. The third kappa shape index (κ3) is 6.11. The third-order valence-electron chi connectivity index (χ3n) is 5.23. The number of carbonyl (C=O) groups is 2. The summed E-state index contributed by atoms with van der Waals surface area (Å²) in [4.78, 5) is 28.5. The first-order chi connectivity index (χ1) is 13.1. The van der Waals surface area contributed by atoms with Gasteiger partial charge in [-0.05, 0) is 63.2 Å². The van der Waals surface area contributed by atoms with E-state index in [1.54, 1.807) is 17.0 Å². The summed E-state index contributed by atoms with van der Waals surface area (Å²) in [5.41, 5.74) is 0.812. The Morgan fingerprint density at radius 1 is 1.11 bits per heavy atom. The van der Waals surface area contributed by atoms with Crippen molar-refractivity contribution in [3.8, 4) is 0 Å². The lowest BCUT2D eigenvalue weighted by atomic mass is 10.2. The predicted molar refractivity (Wildman–Crippen MR) is 108 cm³/mol. The summed E-state index contributed by atoms with van der Waals surface area (Å²) in [6, 6.07) is 6.82. The van der Waals surface area contributed by atoms with Crippen LogP contribution in [0.15, 0.2) is 24.3 Å². The van der Waals surface area contributed by atoms with Gasteiger partial charge in [-0.3, -0.25) is 4.79 Å². The van der Waals surface area contributed by atoms with Crippen LogP contribution in [0.4, 0.5) is 10.5 Å². The van der Waals surface area contributed by atoms with E-state index in [1.165, 1.54) is 38.8 Å². The highest BCUT2D eigenvalue weighted by Crippen LogP contribution is 2.23. The van der Waals surface area contributed by atoms with Crippen LogP contribution in [-0.4, -0.2) is 55.6 Å². The smallest absolute Gasteiger partial charge is 0.315 e. The minimum atomic E-state index is -0.193. The van der Waals surface area contributed by atoms with E-state index in [0.717, 1.165) is 18.7 Å². The molecule has 0 spiro atoms. The van der Waals surface area contributed by atoms with Crippen molar-refractivity contribution >= 4 is 29.2 Å². The van der Waals surface area contributed by atoms with Crippen molar-refractivity contribution in [2.75, 3.05) is 37.6 Å². The lowest BCUT2D eigenvalue weighted by molar-refractivity contribution is -0.117. The molecule has 2 fully saturated rings. The number of nitrogens with one attached hydrogen (secondary N) is 2. The maximum Gasteiger partial charge on any atom is 0.315 e. The second-order valence-electron chi connectivity index (χ2n) is 7.39. The van der Waals surface area contributed by atoms with Crippen molar-refractivity contribution in [3.05, 3.63) is 29.3 Å². The number of halogens is 1. The van der Waals surface area contributed by atoms with Gasteiger partial charge in [0, 0.05) is 30.2 Å². The molecule has 6 nitrogen and oxygen atoms in total. The fraction of sp³-hybridized carbons (Fsp3) is 0.600. The molecule has 0 bridgehead atoms. The number of likely N-dealkylation sites (tertiary alicyclic amines) is 1. The van der Waals surface area contributed by atoms with E-state index in [0.29, 0.717) is 24.5 Å². The molecule has 3 rings (SSSR count). The number of anilines is 1. The molecule has 2 N–H and O–H groups in total. The summed E-state index contributed by atoms with van der Waals surface area (Å²) in [7, 11) is 0. The number of amides is 3. The van der Waals surface area contributed by atoms with Crippen LogP contribution in [0.5, 0.6) is 0 Å². The number of hydrogen-bond donors (Lipinski definition) is 2. The van der Waals surface area contributed by atoms with Crippen molar-refractivity contribution in [2.45, 2.75) is 44.6 Å². The van der Waals surface area contributed by atoms with Crippen molar-refractivity contribution < 1.29 is 9.59 Å². The molecule has 1 aromatic rings. The third-order valence-corrected chi connectivity index (χ3v) is 5.49. The first-order valence-corrected chi connectivity index (χ1v) is 10.3. The maximum absolute atomic E-state index is 12.2. The van der Waals surface area contributed by atoms with Gasteiger partial charge in [0.1, 0.15) is 0 Å². The van der Waals surface area contributed by atoms with Gasteiger partial charge in [0.15, 0.2) is 0 Å². The number of rotatable bonds is 6. The molecular formula is C20H29ClN4O2. The largest absolute Gasteiger partial charge is 0.338 e. The highest BCUT2D eigenvalue weighted by Gasteiger charge is 2.31. The Kier molecular flexibility index (Phi) is 7.35. The van der Waals surface area contributed by atoms with Gasteiger partial charge in [0.05, 0.1) is 6.04 Å². The number of nitrogens with zero attached hydrogens (tertiary/aromatic N) is 2. The highest BCUT2D eigenvalue weighted by molar-refractivity contribution is 6.30. The molecule has 1 unspecified atom stereocenters. The molecule has 2 aliphatic rings. The van der Waals surface area contributed by atoms with Crippen LogP contribution in [0, 0.1) is 0 Å². The molecule has 1 atom stereocenters. The fourth-order valence-corrected chi connectivity index (χ4v) is 3.90. The van der Waals surface area contributed by atoms with Gasteiger partial charge in [-0.1, -0.05) is 24.4 Å². The van der Waals surface area contributed by atoms with Crippen molar-refractivity contribution in [2.24, 2.45) is 0 Å². The van der Waals surface area contributed by atoms with Crippen LogP contribution in [0.2, 0.25) is 5.02 Å². The Hall–Kier alpha value is -1.79. The van der Waals surface area contributed by atoms with E-state index in [4.69, 9.17) is 11.6 Å². The Labute approximate surface area is 166 Å². The van der Waals surface area contributed by atoms with Crippen LogP contribution < -0.4 is 15.5 Å². The normalized spacial score (nSPS) is 21.1. The zero-order chi connectivity index (χ0) is 19.1. The van der Waals surface area contributed by atoms with E-state index in [9.17, 15) is 9.59 Å². The molecule has 0 saturated carbocycles. The van der Waals surface area contributed by atoms with Crippen LogP contribution in [0.25, 0.3) is 0 Å². The lowest BCUT2D eigenvalue weighted by Crippen LogP contribution is -2.44. The lowest BCUT2D eigenvalue weighted by Gasteiger charge is -2.20. The number of hydrogen-bond acceptors (Lipinski definition) is 3. The maximum atomic E-state index is 12.2. The Morgan fingerprint density at radius 3 is 2.52 bits per heavy atom. The van der Waals surface area contributed by atoms with E-state index in [-0.39, 0.29) is 18.0 Å². The fourth-order valence-electron chi connectivity index (χ4n) is 3.78. The zero-order valence-corrected chi connectivity index (χ0v) is 16.5. The number of benzene rings is 1. The summed E-state index contributed by atoms with van der Waals surface area (Å²) >= 11 is 5.90. The van der Waals surface area contributed by atoms with Gasteiger partial charge in [-0.2, -0.15) is 0 Å². The van der Waals surface area contributed by atoms with E-state index in [1.807, 2.05) is 12.1 Å². The van der Waals surface area contributed by atoms with Gasteiger partial charge >= 0.3 is 6.03 Å². The molecule has 2 aliphatic heterocycles. The summed E-state index contributed by atoms with van der Waals surface area (Å²) in [5, 5.41) is 6.47. The quantitative estimate of drug-likeness (QED) is 0.731. The minimum absolute atomic E-state index is 0.0174. The molecule has 27 heavy (non-hydrogen) atoms. The summed E-state index contributed by atoms with van der Waals surface area (Å²) < 4.78 is 0. The average Bonchev–Trinajstić information content (AvgIpc) is 2.84. The Morgan fingerprint density at radius 2 is 1.81 bits per heavy atom. The Balaban J connectivity index is 1.35. The molecule has 2 saturated heterocycles. The molecule has 1 aromatic carbocycles. The molecule has 7 heteroatoms. The standard InChI is InChI=1S/C20H29ClN4O2/c21-16-6-8-18(9-7-16)25-15-17(14-19(25)26)23-20(27)22-10-5-13-24-11-3-1-2-4-12-24/h6-9,17H,1-5,10-15H2,(H2,22,23,27). The van der Waals surface area contributed by atoms with Gasteiger partial charge in [-0.25, -0.2) is 4.79 Å². The molecule has 0 aromatic heterocycles. The molecular weight excluding hydrogens is 364 g/mol. The van der Waals surface area contributed by atoms with E-state index < -0.39 is 0 Å². The van der Waals surface area contributed by atoms with E-state index in [2.05, 4.69) is 15.5 Å². The van der Waals surface area contributed by atoms with Crippen LogP contribution in [-0.2, 0) is 4.79 Å². The van der Waals surface area contributed by atoms with Crippen molar-refractivity contribution in [1.29, 1.82) is 0 Å². The van der Waals surface area contributed by atoms with Crippen LogP contribution >= 0.6 is 11.6 Å². The topological polar surface area (TPSA) is 64.7 Å². The first kappa shape index (κ1) is 20.0. The molecule has 3 amide bonds. The van der Waals surface area contributed by atoms with Gasteiger partial charge in [0.25, 0.3) is 0 Å². The second-order valence-corrected chi connectivity index (χ2v) is 7.83. The number of urea groups is 1. The summed E-state index contributed by atoms with van der Waals surface area (Å²) in [6.45, 7) is 4.53. The van der Waals surface area contributed by atoms with Gasteiger partial charge in [-0.15, -0.1) is 0 Å². The second kappa shape index (κ2) is 9.95. The van der Waals surface area contributed by atoms with Crippen molar-refractivity contribution in [3.63, 3.8) is 0 Å². The average molecular weight is 393 g/mol. The van der Waals surface area contributed by atoms with Gasteiger partial charge in [0.2, 0.25) is 5.91 Å². The van der Waals surface area contributed by atoms with E-state index >= 15 is 0 Å². The van der Waals surface area contributed by atoms with Crippen molar-refractivity contribution in [1.82, 2.24) is 15.5 Å². The number of carbonyl (C=O) groups excluding carboxylic acids is 2. The summed E-state index contributed by atoms with van der Waals surface area (Å²) in [5.74, 6) is 0.0174. The van der Waals surface area contributed by atoms with Crippen LogP contribution in [0.3, 0.4) is 0 Å². The zero-order valence-electron chi connectivity index (χ0n) is 15.8. The Bertz CT molecular complexity index is 629. The molecule has 0 radical (unpaired) electrons. The highest BCUT2D eigenvalue weighted by atomic mass is 35.5. The minimum Gasteiger partial charge on any atom is -0.338 e. The monoisotopic (exact) mass is 392 g/mol. The van der Waals surface area contributed by atoms with Gasteiger partial charge < -0.3 is 20.4 Å².